The first-order valence-electron chi connectivity index (χ1n) is 10.8. The molecule has 1 atom stereocenters. The summed E-state index contributed by atoms with van der Waals surface area (Å²) in [5.74, 6) is 1.68. The number of methoxy groups -OCH3 is 3. The van der Waals surface area contributed by atoms with Crippen LogP contribution in [0.3, 0.4) is 0 Å². The van der Waals surface area contributed by atoms with Crippen molar-refractivity contribution >= 4 is 35.0 Å². The number of benzene rings is 3. The van der Waals surface area contributed by atoms with Gasteiger partial charge in [-0.2, -0.15) is 0 Å². The van der Waals surface area contributed by atoms with Gasteiger partial charge in [0.25, 0.3) is 5.91 Å². The number of anilines is 2. The van der Waals surface area contributed by atoms with E-state index in [9.17, 15) is 9.59 Å². The summed E-state index contributed by atoms with van der Waals surface area (Å²) >= 11 is 1.35. The van der Waals surface area contributed by atoms with E-state index in [1.54, 1.807) is 49.3 Å². The van der Waals surface area contributed by atoms with Gasteiger partial charge >= 0.3 is 0 Å². The summed E-state index contributed by atoms with van der Waals surface area (Å²) in [4.78, 5) is 29.6. The molecule has 0 aromatic heterocycles. The molecule has 0 bridgehead atoms. The van der Waals surface area contributed by atoms with Gasteiger partial charge in [-0.3, -0.25) is 14.5 Å². The zero-order chi connectivity index (χ0) is 23.9. The largest absolute Gasteiger partial charge is 0.497 e. The third kappa shape index (κ3) is 3.28. The van der Waals surface area contributed by atoms with Gasteiger partial charge in [0.1, 0.15) is 5.75 Å². The molecule has 0 saturated carbocycles. The van der Waals surface area contributed by atoms with Crippen LogP contribution in [-0.2, 0) is 21.0 Å². The fourth-order valence-electron chi connectivity index (χ4n) is 4.63. The number of ether oxygens (including phenoxy) is 3. The van der Waals surface area contributed by atoms with Gasteiger partial charge in [0.2, 0.25) is 10.8 Å². The van der Waals surface area contributed by atoms with E-state index in [1.807, 2.05) is 48.5 Å². The maximum absolute atomic E-state index is 14.2. The van der Waals surface area contributed by atoms with E-state index in [2.05, 4.69) is 0 Å². The Balaban J connectivity index is 1.62. The van der Waals surface area contributed by atoms with Crippen molar-refractivity contribution in [2.75, 3.05) is 36.9 Å². The molecule has 2 aliphatic heterocycles. The Morgan fingerprint density at radius 3 is 2.44 bits per heavy atom. The molecule has 1 spiro atoms. The van der Waals surface area contributed by atoms with Crippen LogP contribution < -0.4 is 24.0 Å². The lowest BCUT2D eigenvalue weighted by molar-refractivity contribution is -0.123. The van der Waals surface area contributed by atoms with Gasteiger partial charge in [-0.05, 0) is 35.9 Å². The SMILES string of the molecule is COc1cccc(CN2C(=O)C3(SCC(=O)N3c3ccc(OC)c(OC)c3)c3ccccc32)c1. The highest BCUT2D eigenvalue weighted by atomic mass is 32.2. The van der Waals surface area contributed by atoms with Crippen molar-refractivity contribution in [3.8, 4) is 17.2 Å². The van der Waals surface area contributed by atoms with Gasteiger partial charge in [0.15, 0.2) is 11.5 Å². The standard InChI is InChI=1S/C26H24N2O5S/c1-31-19-8-6-7-17(13-19)15-27-21-10-5-4-9-20(21)26(25(27)30)28(24(29)16-34-26)18-11-12-22(32-2)23(14-18)33-3/h4-14H,15-16H2,1-3H3. The second kappa shape index (κ2) is 8.61. The van der Waals surface area contributed by atoms with Gasteiger partial charge in [0, 0.05) is 17.3 Å². The fourth-order valence-corrected chi connectivity index (χ4v) is 5.99. The van der Waals surface area contributed by atoms with Gasteiger partial charge in [-0.1, -0.05) is 30.3 Å². The molecule has 2 aliphatic rings. The number of rotatable bonds is 6. The third-order valence-corrected chi connectivity index (χ3v) is 7.55. The average Bonchev–Trinajstić information content (AvgIpc) is 3.34. The van der Waals surface area contributed by atoms with E-state index in [4.69, 9.17) is 14.2 Å². The maximum atomic E-state index is 14.2. The summed E-state index contributed by atoms with van der Waals surface area (Å²) in [5.41, 5.74) is 3.11. The van der Waals surface area contributed by atoms with Crippen molar-refractivity contribution in [1.29, 1.82) is 0 Å². The number of hydrogen-bond acceptors (Lipinski definition) is 6. The Labute approximate surface area is 202 Å². The molecule has 3 aromatic rings. The molecule has 5 rings (SSSR count). The Morgan fingerprint density at radius 2 is 1.68 bits per heavy atom. The molecule has 1 unspecified atom stereocenters. The number of nitrogens with zero attached hydrogens (tertiary/aromatic N) is 2. The van der Waals surface area contributed by atoms with Crippen LogP contribution in [0.5, 0.6) is 17.2 Å². The lowest BCUT2D eigenvalue weighted by Gasteiger charge is -2.33. The Kier molecular flexibility index (Phi) is 5.61. The van der Waals surface area contributed by atoms with Crippen LogP contribution in [0.15, 0.2) is 66.7 Å². The molecule has 0 N–H and O–H groups in total. The first-order valence-corrected chi connectivity index (χ1v) is 11.8. The molecule has 7 nitrogen and oxygen atoms in total. The van der Waals surface area contributed by atoms with E-state index < -0.39 is 4.87 Å². The van der Waals surface area contributed by atoms with Crippen molar-refractivity contribution in [2.24, 2.45) is 0 Å². The lowest BCUT2D eigenvalue weighted by Crippen LogP contribution is -2.49. The summed E-state index contributed by atoms with van der Waals surface area (Å²) in [7, 11) is 4.72. The monoisotopic (exact) mass is 476 g/mol. The quantitative estimate of drug-likeness (QED) is 0.532. The predicted octanol–water partition coefficient (Wildman–Crippen LogP) is 4.19. The first kappa shape index (κ1) is 22.2. The molecule has 8 heteroatoms. The molecule has 0 radical (unpaired) electrons. The summed E-state index contributed by atoms with van der Waals surface area (Å²) in [6.07, 6.45) is 0. The molecule has 34 heavy (non-hydrogen) atoms. The number of hydrogen-bond donors (Lipinski definition) is 0. The van der Waals surface area contributed by atoms with Gasteiger partial charge in [-0.15, -0.1) is 11.8 Å². The highest BCUT2D eigenvalue weighted by Crippen LogP contribution is 2.56. The Hall–Kier alpha value is -3.65. The van der Waals surface area contributed by atoms with Crippen LogP contribution in [-0.4, -0.2) is 38.9 Å². The second-order valence-electron chi connectivity index (χ2n) is 7.96. The minimum atomic E-state index is -1.19. The van der Waals surface area contributed by atoms with Crippen LogP contribution >= 0.6 is 11.8 Å². The zero-order valence-electron chi connectivity index (χ0n) is 19.1. The predicted molar refractivity (Wildman–Crippen MR) is 132 cm³/mol. The number of carbonyl (C=O) groups is 2. The molecule has 2 amide bonds. The number of thioether (sulfide) groups is 1. The van der Waals surface area contributed by atoms with Crippen molar-refractivity contribution in [1.82, 2.24) is 0 Å². The molecule has 0 aliphatic carbocycles. The van der Waals surface area contributed by atoms with Gasteiger partial charge in [0.05, 0.1) is 39.3 Å². The smallest absolute Gasteiger partial charge is 0.269 e. The average molecular weight is 477 g/mol. The Morgan fingerprint density at radius 1 is 0.882 bits per heavy atom. The van der Waals surface area contributed by atoms with Crippen molar-refractivity contribution in [3.05, 3.63) is 77.9 Å². The van der Waals surface area contributed by atoms with E-state index in [-0.39, 0.29) is 17.6 Å². The molecule has 3 aromatic carbocycles. The molecule has 174 valence electrons. The van der Waals surface area contributed by atoms with Gasteiger partial charge < -0.3 is 19.1 Å². The Bertz CT molecular complexity index is 1280. The van der Waals surface area contributed by atoms with Crippen LogP contribution in [0.2, 0.25) is 0 Å². The van der Waals surface area contributed by atoms with Crippen LogP contribution in [0, 0.1) is 0 Å². The maximum Gasteiger partial charge on any atom is 0.269 e. The topological polar surface area (TPSA) is 68.3 Å². The summed E-state index contributed by atoms with van der Waals surface area (Å²) < 4.78 is 16.2. The zero-order valence-corrected chi connectivity index (χ0v) is 19.9. The fraction of sp³-hybridized carbons (Fsp3) is 0.231. The number of fused-ring (bicyclic) bond motifs is 2. The van der Waals surface area contributed by atoms with E-state index in [0.29, 0.717) is 23.7 Å². The minimum absolute atomic E-state index is 0.136. The number of carbonyl (C=O) groups excluding carboxylic acids is 2. The number of para-hydroxylation sites is 1. The molecule has 2 heterocycles. The van der Waals surface area contributed by atoms with E-state index >= 15 is 0 Å². The number of amides is 2. The molecular weight excluding hydrogens is 452 g/mol. The molecular formula is C26H24N2O5S. The van der Waals surface area contributed by atoms with E-state index in [1.165, 1.54) is 11.8 Å². The van der Waals surface area contributed by atoms with Crippen LogP contribution in [0.25, 0.3) is 0 Å². The van der Waals surface area contributed by atoms with E-state index in [0.717, 1.165) is 22.6 Å². The van der Waals surface area contributed by atoms with Gasteiger partial charge in [-0.25, -0.2) is 0 Å². The summed E-state index contributed by atoms with van der Waals surface area (Å²) in [6, 6.07) is 20.6. The first-order chi connectivity index (χ1) is 16.5. The van der Waals surface area contributed by atoms with Crippen LogP contribution in [0.1, 0.15) is 11.1 Å². The normalized spacial score (nSPS) is 19.0. The second-order valence-corrected chi connectivity index (χ2v) is 9.13. The molecule has 1 saturated heterocycles. The molecule has 1 fully saturated rings. The lowest BCUT2D eigenvalue weighted by atomic mass is 10.0. The third-order valence-electron chi connectivity index (χ3n) is 6.16. The highest BCUT2D eigenvalue weighted by Gasteiger charge is 2.61. The minimum Gasteiger partial charge on any atom is -0.497 e. The van der Waals surface area contributed by atoms with Crippen LogP contribution in [0.4, 0.5) is 11.4 Å². The highest BCUT2D eigenvalue weighted by molar-refractivity contribution is 8.02. The summed E-state index contributed by atoms with van der Waals surface area (Å²) in [5, 5.41) is 0. The summed E-state index contributed by atoms with van der Waals surface area (Å²) in [6.45, 7) is 0.364. The van der Waals surface area contributed by atoms with Crippen molar-refractivity contribution < 1.29 is 23.8 Å². The van der Waals surface area contributed by atoms with Crippen molar-refractivity contribution in [3.63, 3.8) is 0 Å². The van der Waals surface area contributed by atoms with Crippen molar-refractivity contribution in [2.45, 2.75) is 11.4 Å².